The number of methoxy groups -OCH3 is 2. The summed E-state index contributed by atoms with van der Waals surface area (Å²) in [7, 11) is 6.66. The molecule has 0 heterocycles. The van der Waals surface area contributed by atoms with E-state index in [2.05, 4.69) is 5.32 Å². The molecule has 0 aromatic heterocycles. The van der Waals surface area contributed by atoms with Crippen LogP contribution in [0.5, 0.6) is 11.5 Å². The number of nitrogens with zero attached hydrogens (tertiary/aromatic N) is 1. The summed E-state index contributed by atoms with van der Waals surface area (Å²) >= 11 is 0. The Balaban J connectivity index is 3.05. The zero-order chi connectivity index (χ0) is 15.3. The summed E-state index contributed by atoms with van der Waals surface area (Å²) in [6.07, 6.45) is -0.506. The number of nitrogens with two attached hydrogens (primary N) is 2. The number of ether oxygens (including phenoxy) is 2. The highest BCUT2D eigenvalue weighted by Gasteiger charge is 2.22. The summed E-state index contributed by atoms with van der Waals surface area (Å²) in [4.78, 5) is 14.2. The van der Waals surface area contributed by atoms with Crippen LogP contribution in [0, 0.1) is 0 Å². The number of hydrogen-bond donors (Lipinski definition) is 3. The second-order valence-electron chi connectivity index (χ2n) is 4.61. The monoisotopic (exact) mass is 282 g/mol. The Bertz CT molecular complexity index is 477. The molecule has 0 saturated heterocycles. The third kappa shape index (κ3) is 3.75. The van der Waals surface area contributed by atoms with Crippen molar-refractivity contribution >= 4 is 11.6 Å². The van der Waals surface area contributed by atoms with Crippen LogP contribution >= 0.6 is 0 Å². The number of carbonyl (C=O) groups excluding carboxylic acids is 1. The molecule has 1 aromatic rings. The van der Waals surface area contributed by atoms with Gasteiger partial charge < -0.3 is 31.2 Å². The van der Waals surface area contributed by atoms with Crippen molar-refractivity contribution in [2.24, 2.45) is 5.73 Å². The standard InChI is InChI=1S/C13H22N4O3/c1-17(2)7-10(15)16-13(18)11-9(19-3)6-5-8(14)12(11)20-4/h5-6,10H,7,14-15H2,1-4H3,(H,16,18). The average Bonchev–Trinajstić information content (AvgIpc) is 2.36. The molecular formula is C13H22N4O3. The van der Waals surface area contributed by atoms with Crippen molar-refractivity contribution in [1.82, 2.24) is 10.2 Å². The Morgan fingerprint density at radius 2 is 2.00 bits per heavy atom. The van der Waals surface area contributed by atoms with Gasteiger partial charge in [0, 0.05) is 6.54 Å². The van der Waals surface area contributed by atoms with Gasteiger partial charge in [-0.25, -0.2) is 0 Å². The van der Waals surface area contributed by atoms with Crippen LogP contribution in [0.4, 0.5) is 5.69 Å². The van der Waals surface area contributed by atoms with Crippen molar-refractivity contribution in [2.45, 2.75) is 6.17 Å². The fraction of sp³-hybridized carbons (Fsp3) is 0.462. The first-order valence-corrected chi connectivity index (χ1v) is 6.12. The van der Waals surface area contributed by atoms with Crippen molar-refractivity contribution in [3.05, 3.63) is 17.7 Å². The minimum atomic E-state index is -0.506. The van der Waals surface area contributed by atoms with E-state index in [1.807, 2.05) is 19.0 Å². The molecule has 7 heteroatoms. The van der Waals surface area contributed by atoms with Crippen LogP contribution < -0.4 is 26.3 Å². The van der Waals surface area contributed by atoms with Gasteiger partial charge in [-0.2, -0.15) is 0 Å². The van der Waals surface area contributed by atoms with Crippen LogP contribution in [0.25, 0.3) is 0 Å². The van der Waals surface area contributed by atoms with Crippen LogP contribution in [0.1, 0.15) is 10.4 Å². The zero-order valence-electron chi connectivity index (χ0n) is 12.3. The molecule has 0 saturated carbocycles. The van der Waals surface area contributed by atoms with Crippen molar-refractivity contribution in [2.75, 3.05) is 40.6 Å². The quantitative estimate of drug-likeness (QED) is 0.496. The van der Waals surface area contributed by atoms with E-state index in [0.717, 1.165) is 0 Å². The number of hydrogen-bond acceptors (Lipinski definition) is 6. The predicted molar refractivity (Wildman–Crippen MR) is 78.0 cm³/mol. The smallest absolute Gasteiger partial charge is 0.260 e. The first kappa shape index (κ1) is 16.1. The van der Waals surface area contributed by atoms with Gasteiger partial charge in [0.25, 0.3) is 5.91 Å². The number of rotatable bonds is 6. The van der Waals surface area contributed by atoms with E-state index in [1.54, 1.807) is 12.1 Å². The van der Waals surface area contributed by atoms with Gasteiger partial charge in [0.2, 0.25) is 0 Å². The Labute approximate surface area is 118 Å². The molecule has 0 bridgehead atoms. The molecule has 5 N–H and O–H groups in total. The SMILES string of the molecule is COc1ccc(N)c(OC)c1C(=O)NC(N)CN(C)C. The van der Waals surface area contributed by atoms with Gasteiger partial charge in [0.15, 0.2) is 5.75 Å². The van der Waals surface area contributed by atoms with E-state index in [-0.39, 0.29) is 17.2 Å². The van der Waals surface area contributed by atoms with E-state index < -0.39 is 6.17 Å². The molecule has 1 unspecified atom stereocenters. The highest BCUT2D eigenvalue weighted by Crippen LogP contribution is 2.33. The lowest BCUT2D eigenvalue weighted by Crippen LogP contribution is -2.47. The van der Waals surface area contributed by atoms with E-state index >= 15 is 0 Å². The van der Waals surface area contributed by atoms with Gasteiger partial charge in [-0.05, 0) is 26.2 Å². The molecule has 112 valence electrons. The van der Waals surface area contributed by atoms with E-state index in [0.29, 0.717) is 18.0 Å². The molecule has 1 amide bonds. The molecule has 1 aromatic carbocycles. The van der Waals surface area contributed by atoms with Gasteiger partial charge in [0.05, 0.1) is 26.1 Å². The number of nitrogens with one attached hydrogen (secondary N) is 1. The van der Waals surface area contributed by atoms with E-state index in [4.69, 9.17) is 20.9 Å². The van der Waals surface area contributed by atoms with Crippen LogP contribution in [-0.4, -0.2) is 51.8 Å². The first-order valence-electron chi connectivity index (χ1n) is 6.12. The Kier molecular flexibility index (Phi) is 5.60. The topological polar surface area (TPSA) is 103 Å². The minimum absolute atomic E-state index is 0.240. The normalized spacial score (nSPS) is 12.1. The number of benzene rings is 1. The van der Waals surface area contributed by atoms with Crippen molar-refractivity contribution in [1.29, 1.82) is 0 Å². The number of anilines is 1. The highest BCUT2D eigenvalue weighted by atomic mass is 16.5. The lowest BCUT2D eigenvalue weighted by Gasteiger charge is -2.20. The summed E-state index contributed by atoms with van der Waals surface area (Å²) in [6.45, 7) is 0.513. The predicted octanol–water partition coefficient (Wildman–Crippen LogP) is -0.138. The van der Waals surface area contributed by atoms with Gasteiger partial charge in [-0.3, -0.25) is 4.79 Å². The maximum absolute atomic E-state index is 12.3. The first-order chi connectivity index (χ1) is 9.40. The van der Waals surface area contributed by atoms with Crippen LogP contribution in [0.3, 0.4) is 0 Å². The van der Waals surface area contributed by atoms with Gasteiger partial charge >= 0.3 is 0 Å². The van der Waals surface area contributed by atoms with Crippen LogP contribution in [0.2, 0.25) is 0 Å². The molecule has 20 heavy (non-hydrogen) atoms. The van der Waals surface area contributed by atoms with Crippen molar-refractivity contribution in [3.8, 4) is 11.5 Å². The van der Waals surface area contributed by atoms with Gasteiger partial charge in [-0.1, -0.05) is 0 Å². The maximum Gasteiger partial charge on any atom is 0.260 e. The average molecular weight is 282 g/mol. The van der Waals surface area contributed by atoms with Crippen LogP contribution in [0.15, 0.2) is 12.1 Å². The van der Waals surface area contributed by atoms with Crippen molar-refractivity contribution in [3.63, 3.8) is 0 Å². The summed E-state index contributed by atoms with van der Waals surface area (Å²) < 4.78 is 10.4. The molecule has 0 aliphatic heterocycles. The molecule has 7 nitrogen and oxygen atoms in total. The second-order valence-corrected chi connectivity index (χ2v) is 4.61. The molecule has 1 atom stereocenters. The number of likely N-dealkylation sites (N-methyl/N-ethyl adjacent to an activating group) is 1. The maximum atomic E-state index is 12.3. The minimum Gasteiger partial charge on any atom is -0.496 e. The molecule has 0 aliphatic rings. The lowest BCUT2D eigenvalue weighted by atomic mass is 10.1. The number of carbonyl (C=O) groups is 1. The molecular weight excluding hydrogens is 260 g/mol. The van der Waals surface area contributed by atoms with Gasteiger partial charge in [-0.15, -0.1) is 0 Å². The molecule has 1 rings (SSSR count). The molecule has 0 fully saturated rings. The summed E-state index contributed by atoms with van der Waals surface area (Å²) in [5.74, 6) is 0.268. The third-order valence-electron chi connectivity index (χ3n) is 2.68. The molecule has 0 spiro atoms. The Morgan fingerprint density at radius 3 is 2.50 bits per heavy atom. The van der Waals surface area contributed by atoms with Crippen LogP contribution in [-0.2, 0) is 0 Å². The fourth-order valence-electron chi connectivity index (χ4n) is 1.87. The second kappa shape index (κ2) is 6.97. The third-order valence-corrected chi connectivity index (χ3v) is 2.68. The lowest BCUT2D eigenvalue weighted by molar-refractivity contribution is 0.0925. The van der Waals surface area contributed by atoms with E-state index in [1.165, 1.54) is 14.2 Å². The summed E-state index contributed by atoms with van der Waals surface area (Å²) in [5.41, 5.74) is 12.3. The van der Waals surface area contributed by atoms with Crippen molar-refractivity contribution < 1.29 is 14.3 Å². The summed E-state index contributed by atoms with van der Waals surface area (Å²) in [5, 5.41) is 2.69. The van der Waals surface area contributed by atoms with Gasteiger partial charge in [0.1, 0.15) is 11.3 Å². The summed E-state index contributed by atoms with van der Waals surface area (Å²) in [6, 6.07) is 3.23. The largest absolute Gasteiger partial charge is 0.496 e. The van der Waals surface area contributed by atoms with E-state index in [9.17, 15) is 4.79 Å². The molecule has 0 aliphatic carbocycles. The fourth-order valence-corrected chi connectivity index (χ4v) is 1.87. The number of amides is 1. The molecule has 0 radical (unpaired) electrons. The Hall–Kier alpha value is -1.99. The highest BCUT2D eigenvalue weighted by molar-refractivity contribution is 6.01. The number of nitrogen functional groups attached to an aromatic ring is 1. The Morgan fingerprint density at radius 1 is 1.35 bits per heavy atom. The zero-order valence-corrected chi connectivity index (χ0v) is 12.3.